The zero-order valence-corrected chi connectivity index (χ0v) is 10.5. The minimum Gasteiger partial charge on any atom is -0.462 e. The predicted octanol–water partition coefficient (Wildman–Crippen LogP) is 2.17. The minimum atomic E-state index is -0.646. The van der Waals surface area contributed by atoms with E-state index in [9.17, 15) is 9.59 Å². The largest absolute Gasteiger partial charge is 0.462 e. The SMILES string of the molecule is C=CC(=O)OCCC(=O)OC(C)(Br)CC. The van der Waals surface area contributed by atoms with Crippen molar-refractivity contribution >= 4 is 27.9 Å². The minimum absolute atomic E-state index is 0.0104. The van der Waals surface area contributed by atoms with Crippen LogP contribution in [0.4, 0.5) is 0 Å². The van der Waals surface area contributed by atoms with Crippen molar-refractivity contribution in [1.82, 2.24) is 0 Å². The molecule has 0 fully saturated rings. The molecule has 0 bridgehead atoms. The van der Waals surface area contributed by atoms with Crippen LogP contribution >= 0.6 is 15.9 Å². The number of alkyl halides is 1. The van der Waals surface area contributed by atoms with Crippen molar-refractivity contribution in [2.45, 2.75) is 31.2 Å². The average Bonchev–Trinajstić information content (AvgIpc) is 2.16. The van der Waals surface area contributed by atoms with Gasteiger partial charge in [0.2, 0.25) is 0 Å². The maximum absolute atomic E-state index is 11.2. The lowest BCUT2D eigenvalue weighted by Crippen LogP contribution is -2.24. The fourth-order valence-corrected chi connectivity index (χ4v) is 0.835. The van der Waals surface area contributed by atoms with Crippen LogP contribution in [-0.2, 0) is 19.1 Å². The molecule has 0 rings (SSSR count). The van der Waals surface area contributed by atoms with Gasteiger partial charge in [-0.15, -0.1) is 0 Å². The van der Waals surface area contributed by atoms with Crippen LogP contribution in [0, 0.1) is 0 Å². The summed E-state index contributed by atoms with van der Waals surface area (Å²) in [6.45, 7) is 6.88. The van der Waals surface area contributed by atoms with Crippen LogP contribution in [0.2, 0.25) is 0 Å². The number of hydrogen-bond donors (Lipinski definition) is 0. The molecular formula is C10H15BrO4. The summed E-state index contributed by atoms with van der Waals surface area (Å²) in [7, 11) is 0. The Kier molecular flexibility index (Phi) is 6.24. The lowest BCUT2D eigenvalue weighted by molar-refractivity contribution is -0.152. The van der Waals surface area contributed by atoms with Crippen LogP contribution in [0.15, 0.2) is 12.7 Å². The quantitative estimate of drug-likeness (QED) is 0.425. The third-order valence-corrected chi connectivity index (χ3v) is 2.40. The van der Waals surface area contributed by atoms with Gasteiger partial charge in [-0.3, -0.25) is 4.79 Å². The summed E-state index contributed by atoms with van der Waals surface area (Å²) in [5, 5.41) is 0. The van der Waals surface area contributed by atoms with Crippen molar-refractivity contribution in [2.75, 3.05) is 6.61 Å². The molecule has 0 saturated heterocycles. The van der Waals surface area contributed by atoms with Crippen LogP contribution in [0.3, 0.4) is 0 Å². The molecule has 0 amide bonds. The summed E-state index contributed by atoms with van der Waals surface area (Å²) in [5.41, 5.74) is 0. The van der Waals surface area contributed by atoms with E-state index in [-0.39, 0.29) is 13.0 Å². The zero-order valence-electron chi connectivity index (χ0n) is 8.92. The molecule has 1 atom stereocenters. The number of carbonyl (C=O) groups is 2. The molecular weight excluding hydrogens is 264 g/mol. The van der Waals surface area contributed by atoms with E-state index in [0.29, 0.717) is 6.42 Å². The second kappa shape index (κ2) is 6.61. The topological polar surface area (TPSA) is 52.6 Å². The summed E-state index contributed by atoms with van der Waals surface area (Å²) < 4.78 is 9.05. The maximum Gasteiger partial charge on any atom is 0.330 e. The van der Waals surface area contributed by atoms with Gasteiger partial charge in [-0.2, -0.15) is 0 Å². The van der Waals surface area contributed by atoms with Crippen molar-refractivity contribution < 1.29 is 19.1 Å². The van der Waals surface area contributed by atoms with Gasteiger partial charge in [-0.1, -0.05) is 13.5 Å². The van der Waals surface area contributed by atoms with Gasteiger partial charge in [0, 0.05) is 6.08 Å². The molecule has 0 N–H and O–H groups in total. The van der Waals surface area contributed by atoms with Crippen LogP contribution in [0.5, 0.6) is 0 Å². The first kappa shape index (κ1) is 14.2. The van der Waals surface area contributed by atoms with Crippen LogP contribution in [-0.4, -0.2) is 23.1 Å². The summed E-state index contributed by atoms with van der Waals surface area (Å²) in [6, 6.07) is 0. The Bertz CT molecular complexity index is 248. The normalized spacial score (nSPS) is 13.8. The first-order chi connectivity index (χ1) is 6.91. The number of halogens is 1. The molecule has 0 aliphatic carbocycles. The van der Waals surface area contributed by atoms with Gasteiger partial charge in [-0.05, 0) is 29.3 Å². The van der Waals surface area contributed by atoms with Gasteiger partial charge >= 0.3 is 11.9 Å². The first-order valence-corrected chi connectivity index (χ1v) is 5.40. The Hall–Kier alpha value is -0.840. The molecule has 4 nitrogen and oxygen atoms in total. The fraction of sp³-hybridized carbons (Fsp3) is 0.600. The van der Waals surface area contributed by atoms with Crippen LogP contribution < -0.4 is 0 Å². The molecule has 1 unspecified atom stereocenters. The number of rotatable bonds is 6. The Morgan fingerprint density at radius 2 is 2.13 bits per heavy atom. The Labute approximate surface area is 97.8 Å². The standard InChI is InChI=1S/C10H15BrO4/c1-4-8(12)14-7-6-9(13)15-10(3,11)5-2/h4H,1,5-7H2,2-3H3. The molecule has 86 valence electrons. The van der Waals surface area contributed by atoms with Crippen molar-refractivity contribution in [3.63, 3.8) is 0 Å². The fourth-order valence-electron chi connectivity index (χ4n) is 0.654. The van der Waals surface area contributed by atoms with Crippen LogP contribution in [0.25, 0.3) is 0 Å². The molecule has 0 aromatic carbocycles. The second-order valence-electron chi connectivity index (χ2n) is 3.05. The van der Waals surface area contributed by atoms with Gasteiger partial charge in [0.05, 0.1) is 6.42 Å². The van der Waals surface area contributed by atoms with E-state index in [1.54, 1.807) is 6.92 Å². The molecule has 0 aromatic heterocycles. The summed E-state index contributed by atoms with van der Waals surface area (Å²) in [4.78, 5) is 21.9. The Morgan fingerprint density at radius 3 is 2.60 bits per heavy atom. The number of esters is 2. The van der Waals surface area contributed by atoms with Crippen molar-refractivity contribution in [1.29, 1.82) is 0 Å². The van der Waals surface area contributed by atoms with E-state index in [2.05, 4.69) is 27.2 Å². The number of hydrogen-bond acceptors (Lipinski definition) is 4. The van der Waals surface area contributed by atoms with Gasteiger partial charge in [-0.25, -0.2) is 4.79 Å². The van der Waals surface area contributed by atoms with Gasteiger partial charge in [0.1, 0.15) is 6.61 Å². The monoisotopic (exact) mass is 278 g/mol. The zero-order chi connectivity index (χ0) is 11.9. The predicted molar refractivity (Wildman–Crippen MR) is 59.5 cm³/mol. The van der Waals surface area contributed by atoms with E-state index in [1.165, 1.54) is 0 Å². The highest BCUT2D eigenvalue weighted by Crippen LogP contribution is 2.23. The highest BCUT2D eigenvalue weighted by Gasteiger charge is 2.22. The molecule has 0 aromatic rings. The number of ether oxygens (including phenoxy) is 2. The van der Waals surface area contributed by atoms with Crippen molar-refractivity contribution in [3.8, 4) is 0 Å². The molecule has 0 radical (unpaired) electrons. The van der Waals surface area contributed by atoms with Crippen molar-refractivity contribution in [2.24, 2.45) is 0 Å². The van der Waals surface area contributed by atoms with Gasteiger partial charge in [0.15, 0.2) is 4.51 Å². The third-order valence-electron chi connectivity index (χ3n) is 1.68. The lowest BCUT2D eigenvalue weighted by atomic mass is 10.3. The van der Waals surface area contributed by atoms with E-state index >= 15 is 0 Å². The highest BCUT2D eigenvalue weighted by molar-refractivity contribution is 9.10. The first-order valence-electron chi connectivity index (χ1n) is 4.61. The molecule has 15 heavy (non-hydrogen) atoms. The van der Waals surface area contributed by atoms with E-state index in [4.69, 9.17) is 4.74 Å². The summed E-state index contributed by atoms with van der Waals surface area (Å²) >= 11 is 3.25. The molecule has 0 saturated carbocycles. The van der Waals surface area contributed by atoms with E-state index < -0.39 is 16.4 Å². The molecule has 0 aliphatic heterocycles. The average molecular weight is 279 g/mol. The molecule has 0 aliphatic rings. The molecule has 0 spiro atoms. The van der Waals surface area contributed by atoms with E-state index in [0.717, 1.165) is 6.08 Å². The van der Waals surface area contributed by atoms with E-state index in [1.807, 2.05) is 6.92 Å². The lowest BCUT2D eigenvalue weighted by Gasteiger charge is -2.20. The van der Waals surface area contributed by atoms with Crippen LogP contribution in [0.1, 0.15) is 26.7 Å². The molecule has 0 heterocycles. The summed E-state index contributed by atoms with van der Waals surface area (Å²) in [5.74, 6) is -0.951. The van der Waals surface area contributed by atoms with Crippen molar-refractivity contribution in [3.05, 3.63) is 12.7 Å². The second-order valence-corrected chi connectivity index (χ2v) is 4.73. The highest BCUT2D eigenvalue weighted by atomic mass is 79.9. The maximum atomic E-state index is 11.2. The summed E-state index contributed by atoms with van der Waals surface area (Å²) in [6.07, 6.45) is 1.75. The number of carbonyl (C=O) groups excluding carboxylic acids is 2. The molecule has 5 heteroatoms. The third kappa shape index (κ3) is 7.13. The van der Waals surface area contributed by atoms with Gasteiger partial charge in [0.25, 0.3) is 0 Å². The Morgan fingerprint density at radius 1 is 1.53 bits per heavy atom. The van der Waals surface area contributed by atoms with Gasteiger partial charge < -0.3 is 9.47 Å². The Balaban J connectivity index is 3.76. The smallest absolute Gasteiger partial charge is 0.330 e.